The van der Waals surface area contributed by atoms with Gasteiger partial charge in [-0.2, -0.15) is 0 Å². The van der Waals surface area contributed by atoms with Crippen LogP contribution < -0.4 is 4.90 Å². The summed E-state index contributed by atoms with van der Waals surface area (Å²) in [4.78, 5) is 11.5. The maximum absolute atomic E-state index is 4.73. The van der Waals surface area contributed by atoms with Crippen molar-refractivity contribution in [1.29, 1.82) is 0 Å². The molecule has 0 atom stereocenters. The number of nitrogens with zero attached hydrogens (tertiary/aromatic N) is 4. The summed E-state index contributed by atoms with van der Waals surface area (Å²) < 4.78 is 1.96. The molecule has 0 aliphatic heterocycles. The Labute approximate surface area is 312 Å². The van der Waals surface area contributed by atoms with Crippen LogP contribution in [0.5, 0.6) is 0 Å². The molecule has 0 saturated heterocycles. The van der Waals surface area contributed by atoms with Crippen LogP contribution in [0, 0.1) is 0 Å². The van der Waals surface area contributed by atoms with E-state index in [1.54, 1.807) is 6.20 Å². The van der Waals surface area contributed by atoms with E-state index in [4.69, 9.17) is 4.98 Å². The number of anilines is 3. The van der Waals surface area contributed by atoms with Gasteiger partial charge in [0.15, 0.2) is 0 Å². The summed E-state index contributed by atoms with van der Waals surface area (Å²) in [7, 11) is 0. The van der Waals surface area contributed by atoms with Crippen molar-refractivity contribution in [3.63, 3.8) is 0 Å². The Morgan fingerprint density at radius 3 is 1.67 bits per heavy atom. The van der Waals surface area contributed by atoms with Gasteiger partial charge in [-0.3, -0.25) is 4.40 Å². The van der Waals surface area contributed by atoms with Crippen LogP contribution >= 0.6 is 0 Å². The van der Waals surface area contributed by atoms with E-state index in [0.29, 0.717) is 5.78 Å². The standard InChI is InChI=1S/C50H32N4/c1-3-10-37(11-4-1)54(38-12-5-2-6-13-38)47-29-28-41(40-14-7-8-15-43(40)47)42-25-21-36-22-26-44-39(24-20-35-23-27-45(42)49(36)48(35)44)33-16-18-34(19-17-33)46-32-53-31-9-30-51-50(53)52-46/h1-32H. The van der Waals surface area contributed by atoms with Crippen LogP contribution in [0.1, 0.15) is 0 Å². The van der Waals surface area contributed by atoms with E-state index >= 15 is 0 Å². The van der Waals surface area contributed by atoms with Gasteiger partial charge in [-0.1, -0.05) is 140 Å². The molecular formula is C50H32N4. The van der Waals surface area contributed by atoms with E-state index in [9.17, 15) is 0 Å². The lowest BCUT2D eigenvalue weighted by Gasteiger charge is -2.27. The van der Waals surface area contributed by atoms with E-state index in [0.717, 1.165) is 28.3 Å². The molecular weight excluding hydrogens is 657 g/mol. The van der Waals surface area contributed by atoms with Crippen LogP contribution in [-0.4, -0.2) is 14.4 Å². The second kappa shape index (κ2) is 12.1. The van der Waals surface area contributed by atoms with Crippen LogP contribution in [-0.2, 0) is 0 Å². The van der Waals surface area contributed by atoms with Crippen LogP contribution in [0.4, 0.5) is 17.1 Å². The van der Waals surface area contributed by atoms with Crippen molar-refractivity contribution in [3.05, 3.63) is 195 Å². The molecule has 0 bridgehead atoms. The number of hydrogen-bond donors (Lipinski definition) is 0. The predicted molar refractivity (Wildman–Crippen MR) is 225 cm³/mol. The molecule has 0 aliphatic carbocycles. The van der Waals surface area contributed by atoms with Gasteiger partial charge in [-0.05, 0) is 96.4 Å². The molecule has 0 saturated carbocycles. The minimum absolute atomic E-state index is 0.702. The third kappa shape index (κ3) is 4.78. The lowest BCUT2D eigenvalue weighted by atomic mass is 9.86. The van der Waals surface area contributed by atoms with Gasteiger partial charge >= 0.3 is 0 Å². The molecule has 0 fully saturated rings. The summed E-state index contributed by atoms with van der Waals surface area (Å²) in [6.45, 7) is 0. The van der Waals surface area contributed by atoms with E-state index < -0.39 is 0 Å². The van der Waals surface area contributed by atoms with Crippen molar-refractivity contribution in [2.24, 2.45) is 0 Å². The Kier molecular flexibility index (Phi) is 6.82. The largest absolute Gasteiger partial charge is 0.310 e. The number of rotatable bonds is 6. The van der Waals surface area contributed by atoms with E-state index in [1.807, 2.05) is 22.9 Å². The summed E-state index contributed by atoms with van der Waals surface area (Å²) in [6, 6.07) is 63.7. The highest BCUT2D eigenvalue weighted by molar-refractivity contribution is 6.28. The summed E-state index contributed by atoms with van der Waals surface area (Å²) in [6.07, 6.45) is 5.79. The molecule has 252 valence electrons. The van der Waals surface area contributed by atoms with Crippen molar-refractivity contribution in [3.8, 4) is 33.5 Å². The van der Waals surface area contributed by atoms with Crippen molar-refractivity contribution in [2.45, 2.75) is 0 Å². The Morgan fingerprint density at radius 1 is 0.426 bits per heavy atom. The molecule has 0 amide bonds. The Hall–Kier alpha value is -7.30. The highest BCUT2D eigenvalue weighted by Gasteiger charge is 2.20. The predicted octanol–water partition coefficient (Wildman–Crippen LogP) is 13.3. The smallest absolute Gasteiger partial charge is 0.234 e. The van der Waals surface area contributed by atoms with Crippen molar-refractivity contribution in [1.82, 2.24) is 14.4 Å². The Bertz CT molecular complexity index is 3080. The quantitative estimate of drug-likeness (QED) is 0.163. The molecule has 4 heteroatoms. The third-order valence-corrected chi connectivity index (χ3v) is 10.9. The average molecular weight is 689 g/mol. The Morgan fingerprint density at radius 2 is 0.981 bits per heavy atom. The zero-order valence-corrected chi connectivity index (χ0v) is 29.3. The molecule has 0 unspecified atom stereocenters. The maximum Gasteiger partial charge on any atom is 0.234 e. The summed E-state index contributed by atoms with van der Waals surface area (Å²) in [5.41, 5.74) is 10.3. The molecule has 11 aromatic rings. The second-order valence-corrected chi connectivity index (χ2v) is 13.9. The van der Waals surface area contributed by atoms with Gasteiger partial charge in [-0.25, -0.2) is 9.97 Å². The topological polar surface area (TPSA) is 33.4 Å². The molecule has 9 aromatic carbocycles. The number of benzene rings is 9. The minimum atomic E-state index is 0.702. The molecule has 2 heterocycles. The van der Waals surface area contributed by atoms with Crippen molar-refractivity contribution >= 4 is 65.9 Å². The fourth-order valence-electron chi connectivity index (χ4n) is 8.37. The fourth-order valence-corrected chi connectivity index (χ4v) is 8.37. The van der Waals surface area contributed by atoms with Gasteiger partial charge in [0.1, 0.15) is 0 Å². The van der Waals surface area contributed by atoms with E-state index in [-0.39, 0.29) is 0 Å². The van der Waals surface area contributed by atoms with E-state index in [1.165, 1.54) is 65.3 Å². The van der Waals surface area contributed by atoms with Gasteiger partial charge < -0.3 is 4.90 Å². The number of para-hydroxylation sites is 2. The second-order valence-electron chi connectivity index (χ2n) is 13.9. The van der Waals surface area contributed by atoms with Gasteiger partial charge in [-0.15, -0.1) is 0 Å². The normalized spacial score (nSPS) is 11.7. The van der Waals surface area contributed by atoms with Crippen LogP contribution in [0.2, 0.25) is 0 Å². The first-order valence-corrected chi connectivity index (χ1v) is 18.3. The highest BCUT2D eigenvalue weighted by Crippen LogP contribution is 2.46. The number of fused-ring (bicyclic) bond motifs is 2. The summed E-state index contributed by atoms with van der Waals surface area (Å²) in [5.74, 6) is 0.702. The Balaban J connectivity index is 1.06. The third-order valence-electron chi connectivity index (χ3n) is 10.9. The van der Waals surface area contributed by atoms with Crippen molar-refractivity contribution in [2.75, 3.05) is 4.90 Å². The number of aromatic nitrogens is 3. The lowest BCUT2D eigenvalue weighted by Crippen LogP contribution is -2.10. The van der Waals surface area contributed by atoms with Crippen LogP contribution in [0.15, 0.2) is 195 Å². The van der Waals surface area contributed by atoms with Gasteiger partial charge in [0.25, 0.3) is 0 Å². The fraction of sp³-hybridized carbons (Fsp3) is 0. The zero-order valence-electron chi connectivity index (χ0n) is 29.3. The number of imidazole rings is 1. The van der Waals surface area contributed by atoms with Gasteiger partial charge in [0.05, 0.1) is 11.4 Å². The summed E-state index contributed by atoms with van der Waals surface area (Å²) >= 11 is 0. The first-order valence-electron chi connectivity index (χ1n) is 18.3. The molecule has 0 spiro atoms. The first kappa shape index (κ1) is 30.3. The average Bonchev–Trinajstić information content (AvgIpc) is 3.69. The minimum Gasteiger partial charge on any atom is -0.310 e. The summed E-state index contributed by atoms with van der Waals surface area (Å²) in [5, 5.41) is 10.1. The van der Waals surface area contributed by atoms with E-state index in [2.05, 4.69) is 180 Å². The number of hydrogen-bond acceptors (Lipinski definition) is 3. The molecule has 54 heavy (non-hydrogen) atoms. The monoisotopic (exact) mass is 688 g/mol. The molecule has 11 rings (SSSR count). The highest BCUT2D eigenvalue weighted by atomic mass is 15.1. The molecule has 0 N–H and O–H groups in total. The van der Waals surface area contributed by atoms with Gasteiger partial charge in [0, 0.05) is 40.9 Å². The lowest BCUT2D eigenvalue weighted by molar-refractivity contribution is 1.11. The molecule has 2 aromatic heterocycles. The SMILES string of the molecule is c1ccc(N(c2ccccc2)c2ccc(-c3ccc4ccc5c(-c6ccc(-c7cn8cccnc8n7)cc6)ccc6ccc3c4c65)c3ccccc23)cc1. The van der Waals surface area contributed by atoms with Gasteiger partial charge in [0.2, 0.25) is 5.78 Å². The first-order chi connectivity index (χ1) is 26.8. The molecule has 0 radical (unpaired) electrons. The molecule has 4 nitrogen and oxygen atoms in total. The maximum atomic E-state index is 4.73. The molecule has 0 aliphatic rings. The van der Waals surface area contributed by atoms with Crippen molar-refractivity contribution < 1.29 is 0 Å². The van der Waals surface area contributed by atoms with Crippen LogP contribution in [0.3, 0.4) is 0 Å². The van der Waals surface area contributed by atoms with Crippen LogP contribution in [0.25, 0.3) is 82.4 Å². The zero-order chi connectivity index (χ0) is 35.6.